The van der Waals surface area contributed by atoms with E-state index in [1.165, 1.54) is 0 Å². The van der Waals surface area contributed by atoms with Gasteiger partial charge in [-0.05, 0) is 57.8 Å². The van der Waals surface area contributed by atoms with Crippen molar-refractivity contribution < 1.29 is 14.6 Å². The van der Waals surface area contributed by atoms with Crippen molar-refractivity contribution in [2.24, 2.45) is 0 Å². The first-order valence-electron chi connectivity index (χ1n) is 10.3. The minimum atomic E-state index is -0.865. The quantitative estimate of drug-likeness (QED) is 0.225. The lowest BCUT2D eigenvalue weighted by Crippen LogP contribution is -2.23. The van der Waals surface area contributed by atoms with Crippen molar-refractivity contribution in [3.63, 3.8) is 0 Å². The molecule has 0 fully saturated rings. The third kappa shape index (κ3) is 18.7. The average molecular weight is 375 g/mol. The van der Waals surface area contributed by atoms with Crippen LogP contribution in [-0.2, 0) is 9.53 Å². The third-order valence-electron chi connectivity index (χ3n) is 3.89. The Morgan fingerprint density at radius 2 is 1.26 bits per heavy atom. The predicted molar refractivity (Wildman–Crippen MR) is 116 cm³/mol. The van der Waals surface area contributed by atoms with Crippen molar-refractivity contribution in [3.05, 3.63) is 60.8 Å². The molecular formula is C24H38O3. The second kappa shape index (κ2) is 20.4. The van der Waals surface area contributed by atoms with Gasteiger partial charge in [0.25, 0.3) is 0 Å². The van der Waals surface area contributed by atoms with E-state index in [9.17, 15) is 4.79 Å². The first-order chi connectivity index (χ1) is 13.2. The van der Waals surface area contributed by atoms with Crippen LogP contribution < -0.4 is 0 Å². The molecule has 152 valence electrons. The van der Waals surface area contributed by atoms with Gasteiger partial charge in [0.05, 0.1) is 0 Å². The SMILES string of the molecule is CC/C=C\CC=CCC=CC/C=C\C/C=C\CCCCOC(CC)C(=O)O. The van der Waals surface area contributed by atoms with E-state index in [1.54, 1.807) is 0 Å². The van der Waals surface area contributed by atoms with Gasteiger partial charge >= 0.3 is 5.97 Å². The highest BCUT2D eigenvalue weighted by Crippen LogP contribution is 2.03. The monoisotopic (exact) mass is 374 g/mol. The summed E-state index contributed by atoms with van der Waals surface area (Å²) in [7, 11) is 0. The molecular weight excluding hydrogens is 336 g/mol. The number of ether oxygens (including phenoxy) is 1. The van der Waals surface area contributed by atoms with Gasteiger partial charge < -0.3 is 9.84 Å². The Morgan fingerprint density at radius 1 is 0.778 bits per heavy atom. The van der Waals surface area contributed by atoms with Crippen molar-refractivity contribution in [1.29, 1.82) is 0 Å². The highest BCUT2D eigenvalue weighted by Gasteiger charge is 2.14. The van der Waals surface area contributed by atoms with Gasteiger partial charge in [-0.1, -0.05) is 74.6 Å². The Bertz CT molecular complexity index is 484. The molecule has 0 amide bonds. The zero-order chi connectivity index (χ0) is 20.0. The maximum absolute atomic E-state index is 10.8. The number of carbonyl (C=O) groups is 1. The van der Waals surface area contributed by atoms with Crippen LogP contribution in [0.1, 0.15) is 71.6 Å². The van der Waals surface area contributed by atoms with Crippen LogP contribution in [0.4, 0.5) is 0 Å². The second-order valence-electron chi connectivity index (χ2n) is 6.31. The number of unbranched alkanes of at least 4 members (excludes halogenated alkanes) is 2. The summed E-state index contributed by atoms with van der Waals surface area (Å²) in [5, 5.41) is 8.87. The Kier molecular flexibility index (Phi) is 19.0. The van der Waals surface area contributed by atoms with Crippen LogP contribution in [0, 0.1) is 0 Å². The van der Waals surface area contributed by atoms with Crippen molar-refractivity contribution in [2.45, 2.75) is 77.7 Å². The number of hydrogen-bond donors (Lipinski definition) is 1. The lowest BCUT2D eigenvalue weighted by atomic mass is 10.2. The number of rotatable bonds is 17. The molecule has 0 rings (SSSR count). The molecule has 1 unspecified atom stereocenters. The summed E-state index contributed by atoms with van der Waals surface area (Å²) in [6.07, 6.45) is 29.9. The predicted octanol–water partition coefficient (Wildman–Crippen LogP) is 6.79. The number of carboxylic acids is 1. The van der Waals surface area contributed by atoms with E-state index in [2.05, 4.69) is 67.7 Å². The lowest BCUT2D eigenvalue weighted by Gasteiger charge is -2.10. The smallest absolute Gasteiger partial charge is 0.332 e. The molecule has 0 aromatic rings. The first kappa shape index (κ1) is 25.1. The Hall–Kier alpha value is -1.87. The molecule has 1 atom stereocenters. The van der Waals surface area contributed by atoms with Gasteiger partial charge in [-0.15, -0.1) is 0 Å². The highest BCUT2D eigenvalue weighted by molar-refractivity contribution is 5.72. The number of allylic oxidation sites excluding steroid dienone is 10. The fraction of sp³-hybridized carbons (Fsp3) is 0.542. The van der Waals surface area contributed by atoms with Gasteiger partial charge in [-0.3, -0.25) is 0 Å². The fourth-order valence-corrected chi connectivity index (χ4v) is 2.32. The molecule has 0 aliphatic rings. The van der Waals surface area contributed by atoms with Crippen LogP contribution in [0.15, 0.2) is 60.8 Å². The van der Waals surface area contributed by atoms with Gasteiger partial charge in [-0.25, -0.2) is 4.79 Å². The van der Waals surface area contributed by atoms with Gasteiger partial charge in [0.15, 0.2) is 6.10 Å². The van der Waals surface area contributed by atoms with E-state index in [0.29, 0.717) is 13.0 Å². The molecule has 3 nitrogen and oxygen atoms in total. The maximum atomic E-state index is 10.8. The molecule has 0 aromatic heterocycles. The van der Waals surface area contributed by atoms with E-state index in [4.69, 9.17) is 9.84 Å². The molecule has 27 heavy (non-hydrogen) atoms. The molecule has 0 aliphatic heterocycles. The van der Waals surface area contributed by atoms with E-state index in [-0.39, 0.29) is 0 Å². The van der Waals surface area contributed by atoms with Gasteiger partial charge in [0, 0.05) is 6.61 Å². The second-order valence-corrected chi connectivity index (χ2v) is 6.31. The van der Waals surface area contributed by atoms with Crippen LogP contribution in [0.3, 0.4) is 0 Å². The molecule has 0 aromatic carbocycles. The molecule has 0 heterocycles. The van der Waals surface area contributed by atoms with E-state index >= 15 is 0 Å². The van der Waals surface area contributed by atoms with Gasteiger partial charge in [-0.2, -0.15) is 0 Å². The topological polar surface area (TPSA) is 46.5 Å². The zero-order valence-corrected chi connectivity index (χ0v) is 17.2. The third-order valence-corrected chi connectivity index (χ3v) is 3.89. The standard InChI is InChI=1S/C24H38O3/c1-3-5-6-7-8-9-10-11-12-13-14-15-16-17-18-19-20-21-22-27-23(4-2)24(25)26/h5-6,8-9,11-12,14-15,17-18,23H,3-4,7,10,13,16,19-22H2,1-2H3,(H,25,26)/b6-5-,9-8?,12-11?,15-14-,18-17-. The summed E-state index contributed by atoms with van der Waals surface area (Å²) in [4.78, 5) is 10.8. The summed E-state index contributed by atoms with van der Waals surface area (Å²) >= 11 is 0. The zero-order valence-electron chi connectivity index (χ0n) is 17.2. The maximum Gasteiger partial charge on any atom is 0.332 e. The Morgan fingerprint density at radius 3 is 1.70 bits per heavy atom. The van der Waals surface area contributed by atoms with Crippen LogP contribution in [0.25, 0.3) is 0 Å². The Labute approximate surface area is 166 Å². The number of hydrogen-bond acceptors (Lipinski definition) is 2. The normalized spacial score (nSPS) is 13.9. The molecule has 0 radical (unpaired) electrons. The first-order valence-corrected chi connectivity index (χ1v) is 10.3. The molecule has 0 saturated heterocycles. The van der Waals surface area contributed by atoms with Crippen LogP contribution >= 0.6 is 0 Å². The summed E-state index contributed by atoms with van der Waals surface area (Å²) < 4.78 is 5.33. The van der Waals surface area contributed by atoms with E-state index < -0.39 is 12.1 Å². The molecule has 0 spiro atoms. The van der Waals surface area contributed by atoms with Crippen molar-refractivity contribution in [1.82, 2.24) is 0 Å². The largest absolute Gasteiger partial charge is 0.479 e. The molecule has 1 N–H and O–H groups in total. The van der Waals surface area contributed by atoms with E-state index in [1.807, 2.05) is 6.92 Å². The molecule has 0 bridgehead atoms. The average Bonchev–Trinajstić information content (AvgIpc) is 2.66. The summed E-state index contributed by atoms with van der Waals surface area (Å²) in [6.45, 7) is 4.50. The number of carboxylic acid groups (broad SMARTS) is 1. The van der Waals surface area contributed by atoms with Crippen molar-refractivity contribution in [3.8, 4) is 0 Å². The van der Waals surface area contributed by atoms with Gasteiger partial charge in [0.1, 0.15) is 0 Å². The van der Waals surface area contributed by atoms with Crippen molar-refractivity contribution >= 4 is 5.97 Å². The lowest BCUT2D eigenvalue weighted by molar-refractivity contribution is -0.150. The molecule has 3 heteroatoms. The Balaban J connectivity index is 3.51. The van der Waals surface area contributed by atoms with Crippen LogP contribution in [0.5, 0.6) is 0 Å². The van der Waals surface area contributed by atoms with E-state index in [0.717, 1.165) is 51.4 Å². The molecule has 0 aliphatic carbocycles. The minimum absolute atomic E-state index is 0.518. The summed E-state index contributed by atoms with van der Waals surface area (Å²) in [5.74, 6) is -0.865. The van der Waals surface area contributed by atoms with Crippen molar-refractivity contribution in [2.75, 3.05) is 6.61 Å². The van der Waals surface area contributed by atoms with Gasteiger partial charge in [0.2, 0.25) is 0 Å². The summed E-state index contributed by atoms with van der Waals surface area (Å²) in [6, 6.07) is 0. The minimum Gasteiger partial charge on any atom is -0.479 e. The number of aliphatic carboxylic acids is 1. The fourth-order valence-electron chi connectivity index (χ4n) is 2.32. The van der Waals surface area contributed by atoms with Crippen LogP contribution in [0.2, 0.25) is 0 Å². The molecule has 0 saturated carbocycles. The highest BCUT2D eigenvalue weighted by atomic mass is 16.5. The van der Waals surface area contributed by atoms with Crippen LogP contribution in [-0.4, -0.2) is 23.8 Å². The summed E-state index contributed by atoms with van der Waals surface area (Å²) in [5.41, 5.74) is 0.